The predicted octanol–water partition coefficient (Wildman–Crippen LogP) is 3.94. The van der Waals surface area contributed by atoms with Crippen LogP contribution < -0.4 is 9.62 Å². The second-order valence-electron chi connectivity index (χ2n) is 7.65. The summed E-state index contributed by atoms with van der Waals surface area (Å²) in [5.74, 6) is -0.232. The highest BCUT2D eigenvalue weighted by atomic mass is 32.2. The number of anilines is 1. The third-order valence-corrected chi connectivity index (χ3v) is 7.16. The number of imidazole rings is 1. The summed E-state index contributed by atoms with van der Waals surface area (Å²) < 4.78 is 28.8. The monoisotopic (exact) mass is 460 g/mol. The number of amides is 1. The molecule has 0 aliphatic carbocycles. The fraction of sp³-hybridized carbons (Fsp3) is 0.120. The highest BCUT2D eigenvalue weighted by molar-refractivity contribution is 7.92. The van der Waals surface area contributed by atoms with Gasteiger partial charge in [-0.2, -0.15) is 0 Å². The molecule has 168 valence electrons. The summed E-state index contributed by atoms with van der Waals surface area (Å²) in [4.78, 5) is 16.8. The van der Waals surface area contributed by atoms with Gasteiger partial charge < -0.3 is 9.88 Å². The topological polar surface area (TPSA) is 84.3 Å². The maximum absolute atomic E-state index is 12.9. The minimum Gasteiger partial charge on any atom is -0.348 e. The molecule has 0 saturated heterocycles. The van der Waals surface area contributed by atoms with E-state index < -0.39 is 10.0 Å². The molecule has 0 aliphatic heterocycles. The van der Waals surface area contributed by atoms with Gasteiger partial charge in [-0.25, -0.2) is 13.4 Å². The van der Waals surface area contributed by atoms with Crippen LogP contribution in [0, 0.1) is 6.92 Å². The first-order valence-corrected chi connectivity index (χ1v) is 11.8. The SMILES string of the molecule is Cc1ccc(S(=O)(=O)N(C)c2ccc(C(=O)NCc3ccc(-n4ccnc4)cc3)cc2)cc1. The van der Waals surface area contributed by atoms with Gasteiger partial charge in [-0.1, -0.05) is 29.8 Å². The highest BCUT2D eigenvalue weighted by Gasteiger charge is 2.21. The van der Waals surface area contributed by atoms with Crippen LogP contribution in [0.15, 0.2) is 96.4 Å². The molecule has 1 aromatic heterocycles. The van der Waals surface area contributed by atoms with Crippen LogP contribution in [-0.4, -0.2) is 30.9 Å². The summed E-state index contributed by atoms with van der Waals surface area (Å²) in [5.41, 5.74) is 3.87. The van der Waals surface area contributed by atoms with Crippen molar-refractivity contribution >= 4 is 21.6 Å². The molecule has 0 aliphatic rings. The van der Waals surface area contributed by atoms with Gasteiger partial charge in [0.25, 0.3) is 15.9 Å². The van der Waals surface area contributed by atoms with Crippen molar-refractivity contribution in [3.8, 4) is 5.69 Å². The number of nitrogens with zero attached hydrogens (tertiary/aromatic N) is 3. The van der Waals surface area contributed by atoms with Crippen molar-refractivity contribution in [1.29, 1.82) is 0 Å². The van der Waals surface area contributed by atoms with Crippen molar-refractivity contribution in [1.82, 2.24) is 14.9 Å². The molecule has 0 atom stereocenters. The lowest BCUT2D eigenvalue weighted by molar-refractivity contribution is 0.0951. The van der Waals surface area contributed by atoms with Crippen LogP contribution in [0.2, 0.25) is 0 Å². The van der Waals surface area contributed by atoms with E-state index in [4.69, 9.17) is 0 Å². The molecule has 33 heavy (non-hydrogen) atoms. The van der Waals surface area contributed by atoms with E-state index in [0.717, 1.165) is 16.8 Å². The fourth-order valence-corrected chi connectivity index (χ4v) is 4.51. The molecule has 8 heteroatoms. The average molecular weight is 461 g/mol. The Morgan fingerprint density at radius 2 is 1.64 bits per heavy atom. The molecule has 0 radical (unpaired) electrons. The van der Waals surface area contributed by atoms with Crippen LogP contribution in [0.3, 0.4) is 0 Å². The van der Waals surface area contributed by atoms with Crippen molar-refractivity contribution in [3.05, 3.63) is 108 Å². The lowest BCUT2D eigenvalue weighted by Crippen LogP contribution is -2.27. The van der Waals surface area contributed by atoms with E-state index in [1.165, 1.54) is 11.4 Å². The minimum atomic E-state index is -3.68. The zero-order chi connectivity index (χ0) is 23.4. The van der Waals surface area contributed by atoms with E-state index in [-0.39, 0.29) is 10.8 Å². The van der Waals surface area contributed by atoms with E-state index >= 15 is 0 Å². The number of aromatic nitrogens is 2. The smallest absolute Gasteiger partial charge is 0.264 e. The molecule has 1 N–H and O–H groups in total. The predicted molar refractivity (Wildman–Crippen MR) is 128 cm³/mol. The number of rotatable bonds is 7. The fourth-order valence-electron chi connectivity index (χ4n) is 3.31. The summed E-state index contributed by atoms with van der Waals surface area (Å²) in [6.07, 6.45) is 5.31. The molecule has 1 heterocycles. The average Bonchev–Trinajstić information content (AvgIpc) is 3.38. The molecule has 3 aromatic carbocycles. The quantitative estimate of drug-likeness (QED) is 0.453. The molecular weight excluding hydrogens is 436 g/mol. The standard InChI is InChI=1S/C25H24N4O3S/c1-19-3-13-24(14-4-19)33(31,32)28(2)22-11-7-21(8-12-22)25(30)27-17-20-5-9-23(10-6-20)29-16-15-26-18-29/h3-16,18H,17H2,1-2H3,(H,27,30). The zero-order valence-electron chi connectivity index (χ0n) is 18.3. The molecule has 7 nitrogen and oxygen atoms in total. The Labute approximate surface area is 193 Å². The second-order valence-corrected chi connectivity index (χ2v) is 9.62. The summed E-state index contributed by atoms with van der Waals surface area (Å²) in [7, 11) is -2.18. The molecule has 0 unspecified atom stereocenters. The van der Waals surface area contributed by atoms with Crippen molar-refractivity contribution < 1.29 is 13.2 Å². The highest BCUT2D eigenvalue weighted by Crippen LogP contribution is 2.22. The largest absolute Gasteiger partial charge is 0.348 e. The van der Waals surface area contributed by atoms with Crippen molar-refractivity contribution in [2.45, 2.75) is 18.4 Å². The van der Waals surface area contributed by atoms with E-state index in [0.29, 0.717) is 17.8 Å². The number of aryl methyl sites for hydroxylation is 1. The molecule has 4 aromatic rings. The summed E-state index contributed by atoms with van der Waals surface area (Å²) in [5, 5.41) is 2.89. The number of hydrogen-bond acceptors (Lipinski definition) is 4. The van der Waals surface area contributed by atoms with Gasteiger partial charge in [0, 0.05) is 37.2 Å². The number of hydrogen-bond donors (Lipinski definition) is 1. The van der Waals surface area contributed by atoms with Crippen molar-refractivity contribution in [3.63, 3.8) is 0 Å². The lowest BCUT2D eigenvalue weighted by atomic mass is 10.1. The Hall–Kier alpha value is -3.91. The molecule has 1 amide bonds. The van der Waals surface area contributed by atoms with E-state index in [1.54, 1.807) is 61.1 Å². The normalized spacial score (nSPS) is 11.2. The van der Waals surface area contributed by atoms with Crippen LogP contribution in [0.1, 0.15) is 21.5 Å². The number of carbonyl (C=O) groups excluding carboxylic acids is 1. The summed E-state index contributed by atoms with van der Waals surface area (Å²) in [6, 6.07) is 21.0. The minimum absolute atomic E-state index is 0.219. The Morgan fingerprint density at radius 1 is 0.970 bits per heavy atom. The van der Waals surface area contributed by atoms with Crippen LogP contribution in [-0.2, 0) is 16.6 Å². The maximum atomic E-state index is 12.9. The number of nitrogens with one attached hydrogen (secondary N) is 1. The maximum Gasteiger partial charge on any atom is 0.264 e. The van der Waals surface area contributed by atoms with Gasteiger partial charge >= 0.3 is 0 Å². The van der Waals surface area contributed by atoms with Gasteiger partial charge in [0.2, 0.25) is 0 Å². The molecule has 0 spiro atoms. The third-order valence-electron chi connectivity index (χ3n) is 5.36. The van der Waals surface area contributed by atoms with Crippen LogP contribution >= 0.6 is 0 Å². The van der Waals surface area contributed by atoms with Crippen LogP contribution in [0.25, 0.3) is 5.69 Å². The van der Waals surface area contributed by atoms with Gasteiger partial charge in [0.15, 0.2) is 0 Å². The van der Waals surface area contributed by atoms with E-state index in [2.05, 4.69) is 10.3 Å². The molecular formula is C25H24N4O3S. The molecule has 0 fully saturated rings. The van der Waals surface area contributed by atoms with Crippen molar-refractivity contribution in [2.24, 2.45) is 0 Å². The second kappa shape index (κ2) is 9.30. The number of benzene rings is 3. The van der Waals surface area contributed by atoms with Gasteiger partial charge in [-0.15, -0.1) is 0 Å². The van der Waals surface area contributed by atoms with E-state index in [1.807, 2.05) is 42.0 Å². The number of carbonyl (C=O) groups is 1. The summed E-state index contributed by atoms with van der Waals surface area (Å²) >= 11 is 0. The molecule has 4 rings (SSSR count). The summed E-state index contributed by atoms with van der Waals surface area (Å²) in [6.45, 7) is 2.28. The first-order chi connectivity index (χ1) is 15.8. The Bertz CT molecular complexity index is 1330. The number of sulfonamides is 1. The first-order valence-electron chi connectivity index (χ1n) is 10.4. The van der Waals surface area contributed by atoms with E-state index in [9.17, 15) is 13.2 Å². The zero-order valence-corrected chi connectivity index (χ0v) is 19.2. The van der Waals surface area contributed by atoms with Gasteiger partial charge in [-0.05, 0) is 61.0 Å². The van der Waals surface area contributed by atoms with Crippen LogP contribution in [0.4, 0.5) is 5.69 Å². The molecule has 0 bridgehead atoms. The Morgan fingerprint density at radius 3 is 2.24 bits per heavy atom. The van der Waals surface area contributed by atoms with Crippen LogP contribution in [0.5, 0.6) is 0 Å². The van der Waals surface area contributed by atoms with Gasteiger partial charge in [0.1, 0.15) is 0 Å². The van der Waals surface area contributed by atoms with Gasteiger partial charge in [-0.3, -0.25) is 9.10 Å². The Balaban J connectivity index is 1.39. The first kappa shape index (κ1) is 22.3. The Kier molecular flexibility index (Phi) is 6.28. The van der Waals surface area contributed by atoms with Crippen molar-refractivity contribution in [2.75, 3.05) is 11.4 Å². The molecule has 0 saturated carbocycles. The van der Waals surface area contributed by atoms with Gasteiger partial charge in [0.05, 0.1) is 16.9 Å². The third kappa shape index (κ3) is 4.96. The lowest BCUT2D eigenvalue weighted by Gasteiger charge is -2.20.